The van der Waals surface area contributed by atoms with Crippen molar-refractivity contribution in [1.29, 1.82) is 0 Å². The fourth-order valence-corrected chi connectivity index (χ4v) is 5.19. The van der Waals surface area contributed by atoms with Crippen LogP contribution in [0.15, 0.2) is 47.4 Å². The van der Waals surface area contributed by atoms with Gasteiger partial charge in [-0.05, 0) is 68.5 Å². The van der Waals surface area contributed by atoms with E-state index in [9.17, 15) is 13.2 Å². The Morgan fingerprint density at radius 3 is 2.31 bits per heavy atom. The monoisotopic (exact) mass is 414 g/mol. The summed E-state index contributed by atoms with van der Waals surface area (Å²) in [4.78, 5) is 13.0. The van der Waals surface area contributed by atoms with Gasteiger partial charge < -0.3 is 5.32 Å². The molecular weight excluding hydrogens is 384 g/mol. The number of rotatable bonds is 5. The molecule has 0 aliphatic carbocycles. The Morgan fingerprint density at radius 2 is 1.66 bits per heavy atom. The van der Waals surface area contributed by atoms with E-state index in [-0.39, 0.29) is 16.8 Å². The van der Waals surface area contributed by atoms with Crippen molar-refractivity contribution in [2.75, 3.05) is 13.1 Å². The zero-order chi connectivity index (χ0) is 21.0. The summed E-state index contributed by atoms with van der Waals surface area (Å²) in [5, 5.41) is 2.98. The van der Waals surface area contributed by atoms with E-state index in [2.05, 4.69) is 18.3 Å². The second kappa shape index (κ2) is 9.09. The first-order valence-electron chi connectivity index (χ1n) is 10.3. The summed E-state index contributed by atoms with van der Waals surface area (Å²) >= 11 is 0. The molecule has 1 atom stereocenters. The van der Waals surface area contributed by atoms with Gasteiger partial charge in [0.2, 0.25) is 10.0 Å². The highest BCUT2D eigenvalue weighted by Gasteiger charge is 2.26. The third-order valence-corrected chi connectivity index (χ3v) is 7.57. The number of carbonyl (C=O) groups is 1. The van der Waals surface area contributed by atoms with Crippen molar-refractivity contribution in [3.63, 3.8) is 0 Å². The van der Waals surface area contributed by atoms with Crippen LogP contribution in [-0.4, -0.2) is 31.7 Å². The number of nitrogens with one attached hydrogen (secondary N) is 1. The summed E-state index contributed by atoms with van der Waals surface area (Å²) < 4.78 is 27.6. The molecule has 29 heavy (non-hydrogen) atoms. The minimum Gasteiger partial charge on any atom is -0.346 e. The predicted molar refractivity (Wildman–Crippen MR) is 115 cm³/mol. The molecule has 0 radical (unpaired) electrons. The van der Waals surface area contributed by atoms with Crippen molar-refractivity contribution in [2.45, 2.75) is 57.4 Å². The largest absolute Gasteiger partial charge is 0.346 e. The van der Waals surface area contributed by atoms with Crippen LogP contribution in [0.3, 0.4) is 0 Å². The van der Waals surface area contributed by atoms with Crippen LogP contribution in [0.1, 0.15) is 65.7 Å². The van der Waals surface area contributed by atoms with Crippen molar-refractivity contribution >= 4 is 15.9 Å². The molecule has 1 saturated heterocycles. The molecule has 3 rings (SSSR count). The van der Waals surface area contributed by atoms with Crippen LogP contribution in [0.5, 0.6) is 0 Å². The number of amides is 1. The van der Waals surface area contributed by atoms with E-state index in [0.717, 1.165) is 31.2 Å². The number of benzene rings is 2. The van der Waals surface area contributed by atoms with Gasteiger partial charge in [-0.3, -0.25) is 4.79 Å². The summed E-state index contributed by atoms with van der Waals surface area (Å²) in [6.07, 6.45) is 3.88. The molecule has 0 aromatic heterocycles. The van der Waals surface area contributed by atoms with Crippen molar-refractivity contribution in [1.82, 2.24) is 9.62 Å². The maximum absolute atomic E-state index is 13.0. The molecule has 0 saturated carbocycles. The van der Waals surface area contributed by atoms with E-state index in [1.165, 1.54) is 17.2 Å². The predicted octanol–water partition coefficient (Wildman–Crippen LogP) is 4.36. The van der Waals surface area contributed by atoms with Crippen LogP contribution in [0.2, 0.25) is 0 Å². The molecule has 0 unspecified atom stereocenters. The van der Waals surface area contributed by atoms with Crippen LogP contribution in [0.25, 0.3) is 0 Å². The quantitative estimate of drug-likeness (QED) is 0.790. The Hall–Kier alpha value is -2.18. The van der Waals surface area contributed by atoms with Crippen LogP contribution in [-0.2, 0) is 10.0 Å². The third-order valence-electron chi connectivity index (χ3n) is 5.68. The van der Waals surface area contributed by atoms with Gasteiger partial charge in [0, 0.05) is 18.7 Å². The minimum absolute atomic E-state index is 0.173. The second-order valence-electron chi connectivity index (χ2n) is 7.88. The van der Waals surface area contributed by atoms with Gasteiger partial charge in [0.1, 0.15) is 0 Å². The average molecular weight is 415 g/mol. The first-order chi connectivity index (χ1) is 13.8. The molecule has 156 valence electrons. The molecule has 1 aliphatic rings. The van der Waals surface area contributed by atoms with Gasteiger partial charge in [0.25, 0.3) is 5.91 Å². The normalized spacial score (nSPS) is 16.8. The molecule has 2 aromatic rings. The molecule has 5 nitrogen and oxygen atoms in total. The molecule has 0 bridgehead atoms. The van der Waals surface area contributed by atoms with E-state index in [1.54, 1.807) is 22.5 Å². The Labute approximate surface area is 174 Å². The van der Waals surface area contributed by atoms with Gasteiger partial charge in [0.05, 0.1) is 10.9 Å². The van der Waals surface area contributed by atoms with Gasteiger partial charge in [-0.1, -0.05) is 37.1 Å². The number of carbonyl (C=O) groups excluding carboxylic acids is 1. The molecule has 1 fully saturated rings. The molecule has 1 aliphatic heterocycles. The summed E-state index contributed by atoms with van der Waals surface area (Å²) in [5.41, 5.74) is 3.76. The maximum Gasteiger partial charge on any atom is 0.251 e. The van der Waals surface area contributed by atoms with E-state index in [0.29, 0.717) is 18.7 Å². The van der Waals surface area contributed by atoms with Crippen LogP contribution < -0.4 is 5.32 Å². The Balaban J connectivity index is 1.77. The van der Waals surface area contributed by atoms with E-state index < -0.39 is 10.0 Å². The van der Waals surface area contributed by atoms with E-state index >= 15 is 0 Å². The van der Waals surface area contributed by atoms with Gasteiger partial charge in [-0.15, -0.1) is 0 Å². The smallest absolute Gasteiger partial charge is 0.251 e. The lowest BCUT2D eigenvalue weighted by Gasteiger charge is -2.20. The lowest BCUT2D eigenvalue weighted by Crippen LogP contribution is -2.32. The lowest BCUT2D eigenvalue weighted by atomic mass is 10.0. The van der Waals surface area contributed by atoms with Crippen molar-refractivity contribution in [2.24, 2.45) is 0 Å². The van der Waals surface area contributed by atoms with Gasteiger partial charge in [-0.2, -0.15) is 4.31 Å². The minimum atomic E-state index is -3.58. The standard InChI is InChI=1S/C23H30N2O3S/c1-17-11-12-20(15-18(17)2)19(3)24-23(26)21-9-8-10-22(16-21)29(27,28)25-13-6-4-5-7-14-25/h8-12,15-16,19H,4-7,13-14H2,1-3H3,(H,24,26)/t19-/m0/s1. The van der Waals surface area contributed by atoms with Gasteiger partial charge in [0.15, 0.2) is 0 Å². The summed E-state index contributed by atoms with van der Waals surface area (Å²) in [7, 11) is -3.58. The van der Waals surface area contributed by atoms with Crippen LogP contribution in [0, 0.1) is 13.8 Å². The Bertz CT molecular complexity index is 977. The average Bonchev–Trinajstić information content (AvgIpc) is 3.00. The van der Waals surface area contributed by atoms with Crippen molar-refractivity contribution in [3.05, 3.63) is 64.7 Å². The molecular formula is C23H30N2O3S. The van der Waals surface area contributed by atoms with Crippen molar-refractivity contribution < 1.29 is 13.2 Å². The lowest BCUT2D eigenvalue weighted by molar-refractivity contribution is 0.0939. The number of sulfonamides is 1. The Kier molecular flexibility index (Phi) is 6.75. The molecule has 1 N–H and O–H groups in total. The Morgan fingerprint density at radius 1 is 0.966 bits per heavy atom. The summed E-state index contributed by atoms with van der Waals surface area (Å²) in [6, 6.07) is 12.3. The highest BCUT2D eigenvalue weighted by Crippen LogP contribution is 2.22. The van der Waals surface area contributed by atoms with E-state index in [4.69, 9.17) is 0 Å². The zero-order valence-corrected chi connectivity index (χ0v) is 18.3. The number of hydrogen-bond acceptors (Lipinski definition) is 3. The SMILES string of the molecule is Cc1ccc([C@H](C)NC(=O)c2cccc(S(=O)(=O)N3CCCCCC3)c2)cc1C. The molecule has 2 aromatic carbocycles. The topological polar surface area (TPSA) is 66.5 Å². The summed E-state index contributed by atoms with van der Waals surface area (Å²) in [5.74, 6) is -0.274. The molecule has 1 heterocycles. The third kappa shape index (κ3) is 5.06. The number of nitrogens with zero attached hydrogens (tertiary/aromatic N) is 1. The molecule has 0 spiro atoms. The van der Waals surface area contributed by atoms with Crippen molar-refractivity contribution in [3.8, 4) is 0 Å². The first kappa shape index (κ1) is 21.5. The highest BCUT2D eigenvalue weighted by molar-refractivity contribution is 7.89. The molecule has 6 heteroatoms. The molecule has 1 amide bonds. The van der Waals surface area contributed by atoms with Crippen LogP contribution in [0.4, 0.5) is 0 Å². The van der Waals surface area contributed by atoms with E-state index in [1.807, 2.05) is 26.0 Å². The fourth-order valence-electron chi connectivity index (χ4n) is 3.63. The second-order valence-corrected chi connectivity index (χ2v) is 9.82. The summed E-state index contributed by atoms with van der Waals surface area (Å²) in [6.45, 7) is 7.12. The maximum atomic E-state index is 13.0. The zero-order valence-electron chi connectivity index (χ0n) is 17.4. The highest BCUT2D eigenvalue weighted by atomic mass is 32.2. The van der Waals surface area contributed by atoms with Gasteiger partial charge >= 0.3 is 0 Å². The van der Waals surface area contributed by atoms with Crippen LogP contribution >= 0.6 is 0 Å². The first-order valence-corrected chi connectivity index (χ1v) is 11.7. The fraction of sp³-hybridized carbons (Fsp3) is 0.435. The van der Waals surface area contributed by atoms with Gasteiger partial charge in [-0.25, -0.2) is 8.42 Å². The number of hydrogen-bond donors (Lipinski definition) is 1. The number of aryl methyl sites for hydroxylation is 2.